The fraction of sp³-hybridized carbons (Fsp3) is 0.591. The van der Waals surface area contributed by atoms with E-state index < -0.39 is 17.9 Å². The van der Waals surface area contributed by atoms with Gasteiger partial charge in [-0.15, -0.1) is 0 Å². The van der Waals surface area contributed by atoms with Crippen LogP contribution in [0.3, 0.4) is 0 Å². The van der Waals surface area contributed by atoms with E-state index in [1.807, 2.05) is 0 Å². The maximum absolute atomic E-state index is 12.5. The molecule has 0 radical (unpaired) electrons. The smallest absolute Gasteiger partial charge is 0.328 e. The molecular weight excluding hydrogens is 427 g/mol. The molecule has 0 unspecified atom stereocenters. The summed E-state index contributed by atoms with van der Waals surface area (Å²) in [6.07, 6.45) is 8.96. The van der Waals surface area contributed by atoms with E-state index in [1.165, 1.54) is 20.0 Å². The number of esters is 1. The number of rotatable bonds is 13. The fourth-order valence-electron chi connectivity index (χ4n) is 3.38. The van der Waals surface area contributed by atoms with E-state index in [0.29, 0.717) is 6.42 Å². The number of nitrogens with one attached hydrogen (secondary N) is 1. The normalized spacial score (nSPS) is 14.0. The first-order chi connectivity index (χ1) is 14.5. The van der Waals surface area contributed by atoms with Crippen LogP contribution in [0.1, 0.15) is 68.1 Å². The van der Waals surface area contributed by atoms with Crippen molar-refractivity contribution in [2.75, 3.05) is 20.3 Å². The van der Waals surface area contributed by atoms with Crippen molar-refractivity contribution in [1.29, 1.82) is 0 Å². The van der Waals surface area contributed by atoms with Crippen LogP contribution in [0.2, 0.25) is 10.0 Å². The van der Waals surface area contributed by atoms with Gasteiger partial charge in [0.25, 0.3) is 5.91 Å². The van der Waals surface area contributed by atoms with Crippen LogP contribution in [0.5, 0.6) is 0 Å². The van der Waals surface area contributed by atoms with E-state index >= 15 is 0 Å². The molecule has 0 saturated carbocycles. The molecule has 0 aromatic heterocycles. The Kier molecular flexibility index (Phi) is 11.0. The molecule has 0 aliphatic carbocycles. The molecule has 6 nitrogen and oxygen atoms in total. The van der Waals surface area contributed by atoms with E-state index in [1.54, 1.807) is 18.2 Å². The van der Waals surface area contributed by atoms with Gasteiger partial charge in [0.2, 0.25) is 0 Å². The van der Waals surface area contributed by atoms with Crippen LogP contribution < -0.4 is 5.32 Å². The van der Waals surface area contributed by atoms with E-state index in [2.05, 4.69) is 10.3 Å². The Balaban J connectivity index is 1.66. The van der Waals surface area contributed by atoms with Crippen molar-refractivity contribution < 1.29 is 19.1 Å². The molecule has 0 spiro atoms. The van der Waals surface area contributed by atoms with Gasteiger partial charge < -0.3 is 14.8 Å². The quantitative estimate of drug-likeness (QED) is 0.326. The summed E-state index contributed by atoms with van der Waals surface area (Å²) >= 11 is 12.2. The SMILES string of the molecule is COC(=O)[C@H](CCCCCCCCCC1=NCCO1)NC(=O)c1c(Cl)cccc1Cl. The molecule has 2 rings (SSSR count). The van der Waals surface area contributed by atoms with Gasteiger partial charge in [-0.25, -0.2) is 4.79 Å². The Morgan fingerprint density at radius 3 is 2.33 bits per heavy atom. The molecule has 1 aromatic rings. The van der Waals surface area contributed by atoms with Gasteiger partial charge in [0, 0.05) is 6.42 Å². The first-order valence-electron chi connectivity index (χ1n) is 10.5. The Morgan fingerprint density at radius 2 is 1.73 bits per heavy atom. The van der Waals surface area contributed by atoms with Crippen molar-refractivity contribution in [2.45, 2.75) is 63.8 Å². The van der Waals surface area contributed by atoms with Crippen LogP contribution in [0.4, 0.5) is 0 Å². The Hall–Kier alpha value is -1.79. The first-order valence-corrected chi connectivity index (χ1v) is 11.3. The molecule has 0 bridgehead atoms. The fourth-order valence-corrected chi connectivity index (χ4v) is 3.94. The van der Waals surface area contributed by atoms with Crippen molar-refractivity contribution in [2.24, 2.45) is 4.99 Å². The van der Waals surface area contributed by atoms with Crippen LogP contribution in [0.25, 0.3) is 0 Å². The number of benzene rings is 1. The second-order valence-corrected chi connectivity index (χ2v) is 8.10. The minimum atomic E-state index is -0.720. The highest BCUT2D eigenvalue weighted by Crippen LogP contribution is 2.24. The van der Waals surface area contributed by atoms with E-state index in [9.17, 15) is 9.59 Å². The number of aliphatic imine (C=N–C) groups is 1. The number of ether oxygens (including phenoxy) is 2. The Labute approximate surface area is 188 Å². The second-order valence-electron chi connectivity index (χ2n) is 7.28. The number of unbranched alkanes of at least 4 members (excludes halogenated alkanes) is 6. The highest BCUT2D eigenvalue weighted by atomic mass is 35.5. The number of amides is 1. The van der Waals surface area contributed by atoms with Crippen LogP contribution in [0.15, 0.2) is 23.2 Å². The molecule has 1 N–H and O–H groups in total. The lowest BCUT2D eigenvalue weighted by Gasteiger charge is -2.17. The van der Waals surface area contributed by atoms with Gasteiger partial charge in [-0.3, -0.25) is 9.79 Å². The van der Waals surface area contributed by atoms with E-state index in [0.717, 1.165) is 57.6 Å². The Morgan fingerprint density at radius 1 is 1.10 bits per heavy atom. The van der Waals surface area contributed by atoms with E-state index in [4.69, 9.17) is 32.7 Å². The summed E-state index contributed by atoms with van der Waals surface area (Å²) in [4.78, 5) is 28.9. The summed E-state index contributed by atoms with van der Waals surface area (Å²) in [5.74, 6) is -0.0376. The maximum Gasteiger partial charge on any atom is 0.328 e. The van der Waals surface area contributed by atoms with Crippen LogP contribution >= 0.6 is 23.2 Å². The molecule has 1 aliphatic rings. The van der Waals surface area contributed by atoms with Gasteiger partial charge in [-0.1, -0.05) is 67.8 Å². The molecule has 1 heterocycles. The summed E-state index contributed by atoms with van der Waals surface area (Å²) in [6.45, 7) is 1.53. The van der Waals surface area contributed by atoms with Crippen molar-refractivity contribution in [3.05, 3.63) is 33.8 Å². The van der Waals surface area contributed by atoms with Crippen LogP contribution in [-0.2, 0) is 14.3 Å². The zero-order valence-electron chi connectivity index (χ0n) is 17.4. The van der Waals surface area contributed by atoms with E-state index in [-0.39, 0.29) is 15.6 Å². The third-order valence-electron chi connectivity index (χ3n) is 5.01. The minimum Gasteiger partial charge on any atom is -0.479 e. The summed E-state index contributed by atoms with van der Waals surface area (Å²) in [7, 11) is 1.31. The van der Waals surface area contributed by atoms with Gasteiger partial charge in [-0.2, -0.15) is 0 Å². The van der Waals surface area contributed by atoms with Crippen molar-refractivity contribution in [3.63, 3.8) is 0 Å². The predicted octanol–water partition coefficient (Wildman–Crippen LogP) is 5.20. The van der Waals surface area contributed by atoms with Gasteiger partial charge in [0.15, 0.2) is 5.90 Å². The van der Waals surface area contributed by atoms with Gasteiger partial charge >= 0.3 is 5.97 Å². The summed E-state index contributed by atoms with van der Waals surface area (Å²) in [6, 6.07) is 4.12. The van der Waals surface area contributed by atoms with Gasteiger partial charge in [0.1, 0.15) is 12.6 Å². The monoisotopic (exact) mass is 456 g/mol. The average molecular weight is 457 g/mol. The number of methoxy groups -OCH3 is 1. The van der Waals surface area contributed by atoms with Crippen molar-refractivity contribution in [1.82, 2.24) is 5.32 Å². The lowest BCUT2D eigenvalue weighted by atomic mass is 10.0. The van der Waals surface area contributed by atoms with Crippen LogP contribution in [0, 0.1) is 0 Å². The first kappa shape index (κ1) is 24.5. The van der Waals surface area contributed by atoms with Crippen LogP contribution in [-0.4, -0.2) is 44.1 Å². The molecule has 0 fully saturated rings. The number of hydrogen-bond acceptors (Lipinski definition) is 5. The standard InChI is InChI=1S/C22H30Cl2N2O4/c1-29-22(28)18(26-21(27)20-16(23)10-9-11-17(20)24)12-7-5-3-2-4-6-8-13-19-25-14-15-30-19/h9-11,18H,2-8,12-15H2,1H3,(H,26,27)/t18-/m0/s1. The van der Waals surface area contributed by atoms with Gasteiger partial charge in [0.05, 0.1) is 29.3 Å². The molecule has 0 saturated heterocycles. The molecule has 8 heteroatoms. The zero-order valence-corrected chi connectivity index (χ0v) is 18.9. The highest BCUT2D eigenvalue weighted by Gasteiger charge is 2.24. The Bertz CT molecular complexity index is 720. The number of nitrogens with zero attached hydrogens (tertiary/aromatic N) is 1. The zero-order chi connectivity index (χ0) is 21.8. The lowest BCUT2D eigenvalue weighted by Crippen LogP contribution is -2.41. The van der Waals surface area contributed by atoms with Gasteiger partial charge in [-0.05, 0) is 25.0 Å². The third kappa shape index (κ3) is 8.15. The van der Waals surface area contributed by atoms with Crippen molar-refractivity contribution in [3.8, 4) is 0 Å². The predicted molar refractivity (Wildman–Crippen MR) is 120 cm³/mol. The molecule has 1 amide bonds. The number of carbonyl (C=O) groups excluding carboxylic acids is 2. The molecular formula is C22H30Cl2N2O4. The molecule has 1 atom stereocenters. The molecule has 1 aliphatic heterocycles. The molecule has 166 valence electrons. The lowest BCUT2D eigenvalue weighted by molar-refractivity contribution is -0.143. The molecule has 30 heavy (non-hydrogen) atoms. The largest absolute Gasteiger partial charge is 0.479 e. The number of halogens is 2. The summed E-state index contributed by atoms with van der Waals surface area (Å²) < 4.78 is 10.2. The maximum atomic E-state index is 12.5. The summed E-state index contributed by atoms with van der Waals surface area (Å²) in [5.41, 5.74) is 0.170. The minimum absolute atomic E-state index is 0.170. The third-order valence-corrected chi connectivity index (χ3v) is 5.64. The second kappa shape index (κ2) is 13.5. The molecule has 1 aromatic carbocycles. The van der Waals surface area contributed by atoms with Crippen molar-refractivity contribution >= 4 is 41.0 Å². The topological polar surface area (TPSA) is 77.0 Å². The average Bonchev–Trinajstić information content (AvgIpc) is 3.24. The number of carbonyl (C=O) groups is 2. The number of hydrogen-bond donors (Lipinski definition) is 1. The highest BCUT2D eigenvalue weighted by molar-refractivity contribution is 6.39. The summed E-state index contributed by atoms with van der Waals surface area (Å²) in [5, 5.41) is 3.20.